The number of pyridine rings is 1. The monoisotopic (exact) mass is 310 g/mol. The summed E-state index contributed by atoms with van der Waals surface area (Å²) in [6, 6.07) is 12.3. The predicted octanol–water partition coefficient (Wildman–Crippen LogP) is 2.84. The summed E-state index contributed by atoms with van der Waals surface area (Å²) in [4.78, 5) is 20.6. The van der Waals surface area contributed by atoms with Crippen molar-refractivity contribution in [1.82, 2.24) is 9.97 Å². The fraction of sp³-hybridized carbons (Fsp3) is 0.0625. The van der Waals surface area contributed by atoms with Crippen molar-refractivity contribution in [2.75, 3.05) is 5.32 Å². The smallest absolute Gasteiger partial charge is 0.247 e. The van der Waals surface area contributed by atoms with E-state index >= 15 is 0 Å². The van der Waals surface area contributed by atoms with Gasteiger partial charge in [-0.05, 0) is 17.7 Å². The Morgan fingerprint density at radius 3 is 2.59 bits per heavy atom. The molecule has 0 saturated carbocycles. The van der Waals surface area contributed by atoms with Gasteiger partial charge in [0.2, 0.25) is 5.91 Å². The van der Waals surface area contributed by atoms with E-state index in [9.17, 15) is 4.79 Å². The molecule has 0 aliphatic rings. The van der Waals surface area contributed by atoms with Gasteiger partial charge in [-0.1, -0.05) is 30.3 Å². The third kappa shape index (κ3) is 3.19. The molecule has 0 fully saturated rings. The Kier molecular flexibility index (Phi) is 4.22. The third-order valence-corrected chi connectivity index (χ3v) is 3.91. The summed E-state index contributed by atoms with van der Waals surface area (Å²) in [5.41, 5.74) is 8.49. The zero-order valence-corrected chi connectivity index (χ0v) is 12.5. The highest BCUT2D eigenvalue weighted by molar-refractivity contribution is 7.14. The Morgan fingerprint density at radius 2 is 1.86 bits per heavy atom. The zero-order chi connectivity index (χ0) is 15.4. The van der Waals surface area contributed by atoms with Crippen LogP contribution in [-0.2, 0) is 4.79 Å². The van der Waals surface area contributed by atoms with Crippen LogP contribution in [0, 0.1) is 0 Å². The first-order valence-corrected chi connectivity index (χ1v) is 7.59. The van der Waals surface area contributed by atoms with E-state index in [1.54, 1.807) is 12.4 Å². The van der Waals surface area contributed by atoms with Crippen LogP contribution in [0.4, 0.5) is 5.13 Å². The fourth-order valence-electron chi connectivity index (χ4n) is 1.98. The Bertz CT molecular complexity index is 758. The molecule has 0 aliphatic heterocycles. The molecule has 1 amide bonds. The number of nitrogens with zero attached hydrogens (tertiary/aromatic N) is 2. The number of anilines is 1. The van der Waals surface area contributed by atoms with Crippen molar-refractivity contribution < 1.29 is 4.79 Å². The minimum atomic E-state index is -0.713. The molecule has 1 atom stereocenters. The van der Waals surface area contributed by atoms with Crippen LogP contribution in [0.5, 0.6) is 0 Å². The summed E-state index contributed by atoms with van der Waals surface area (Å²) in [5.74, 6) is -0.276. The van der Waals surface area contributed by atoms with Crippen LogP contribution < -0.4 is 11.1 Å². The van der Waals surface area contributed by atoms with Crippen molar-refractivity contribution in [3.63, 3.8) is 0 Å². The van der Waals surface area contributed by atoms with Gasteiger partial charge in [0.05, 0.1) is 5.69 Å². The van der Waals surface area contributed by atoms with Gasteiger partial charge in [0, 0.05) is 23.3 Å². The molecule has 0 unspecified atom stereocenters. The number of nitrogens with one attached hydrogen (secondary N) is 1. The second-order valence-electron chi connectivity index (χ2n) is 4.65. The molecule has 2 aromatic heterocycles. The topological polar surface area (TPSA) is 80.9 Å². The number of hydrogen-bond donors (Lipinski definition) is 2. The van der Waals surface area contributed by atoms with E-state index in [4.69, 9.17) is 5.73 Å². The number of aromatic nitrogens is 2. The number of thiazole rings is 1. The molecule has 0 aliphatic carbocycles. The van der Waals surface area contributed by atoms with Crippen LogP contribution in [0.3, 0.4) is 0 Å². The highest BCUT2D eigenvalue weighted by Gasteiger charge is 2.17. The Hall–Kier alpha value is -2.57. The lowest BCUT2D eigenvalue weighted by molar-refractivity contribution is -0.117. The fourth-order valence-corrected chi connectivity index (χ4v) is 2.70. The molecule has 110 valence electrons. The van der Waals surface area contributed by atoms with Crippen LogP contribution in [0.2, 0.25) is 0 Å². The summed E-state index contributed by atoms with van der Waals surface area (Å²) >= 11 is 1.37. The number of carbonyl (C=O) groups is 1. The standard InChI is InChI=1S/C16H14N4OS/c17-14(12-4-2-1-3-5-12)15(21)20-16-19-13(10-22-16)11-6-8-18-9-7-11/h1-10,14H,17H2,(H,19,20,21)/t14-/m0/s1. The Morgan fingerprint density at radius 1 is 1.14 bits per heavy atom. The molecular formula is C16H14N4OS. The molecule has 0 spiro atoms. The van der Waals surface area contributed by atoms with E-state index < -0.39 is 6.04 Å². The van der Waals surface area contributed by atoms with Crippen LogP contribution >= 0.6 is 11.3 Å². The van der Waals surface area contributed by atoms with E-state index in [0.717, 1.165) is 16.8 Å². The number of hydrogen-bond acceptors (Lipinski definition) is 5. The van der Waals surface area contributed by atoms with Gasteiger partial charge in [0.15, 0.2) is 5.13 Å². The lowest BCUT2D eigenvalue weighted by Gasteiger charge is -2.10. The van der Waals surface area contributed by atoms with E-state index in [-0.39, 0.29) is 5.91 Å². The van der Waals surface area contributed by atoms with Crippen LogP contribution in [0.1, 0.15) is 11.6 Å². The molecule has 3 N–H and O–H groups in total. The molecule has 0 radical (unpaired) electrons. The zero-order valence-electron chi connectivity index (χ0n) is 11.6. The average Bonchev–Trinajstić information content (AvgIpc) is 3.04. The summed E-state index contributed by atoms with van der Waals surface area (Å²) in [7, 11) is 0. The molecule has 0 saturated heterocycles. The predicted molar refractivity (Wildman–Crippen MR) is 87.3 cm³/mol. The average molecular weight is 310 g/mol. The maximum atomic E-state index is 12.2. The van der Waals surface area contributed by atoms with Gasteiger partial charge in [-0.25, -0.2) is 4.98 Å². The summed E-state index contributed by atoms with van der Waals surface area (Å²) < 4.78 is 0. The molecule has 22 heavy (non-hydrogen) atoms. The van der Waals surface area contributed by atoms with E-state index in [2.05, 4.69) is 15.3 Å². The van der Waals surface area contributed by atoms with E-state index in [1.807, 2.05) is 47.8 Å². The van der Waals surface area contributed by atoms with Crippen LogP contribution in [0.15, 0.2) is 60.2 Å². The number of benzene rings is 1. The lowest BCUT2D eigenvalue weighted by Crippen LogP contribution is -2.27. The highest BCUT2D eigenvalue weighted by Crippen LogP contribution is 2.25. The second kappa shape index (κ2) is 6.46. The molecule has 6 heteroatoms. The molecule has 0 bridgehead atoms. The van der Waals surface area contributed by atoms with Crippen molar-refractivity contribution in [1.29, 1.82) is 0 Å². The lowest BCUT2D eigenvalue weighted by atomic mass is 10.1. The first-order valence-electron chi connectivity index (χ1n) is 6.71. The van der Waals surface area contributed by atoms with Gasteiger partial charge < -0.3 is 11.1 Å². The Balaban J connectivity index is 1.71. The molecule has 1 aromatic carbocycles. The SMILES string of the molecule is N[C@H](C(=O)Nc1nc(-c2ccncc2)cs1)c1ccccc1. The van der Waals surface area contributed by atoms with Gasteiger partial charge in [-0.15, -0.1) is 11.3 Å². The minimum absolute atomic E-state index is 0.276. The normalized spacial score (nSPS) is 11.9. The van der Waals surface area contributed by atoms with Gasteiger partial charge in [-0.3, -0.25) is 9.78 Å². The minimum Gasteiger partial charge on any atom is -0.316 e. The first kappa shape index (κ1) is 14.4. The van der Waals surface area contributed by atoms with E-state index in [1.165, 1.54) is 11.3 Å². The molecular weight excluding hydrogens is 296 g/mol. The second-order valence-corrected chi connectivity index (χ2v) is 5.51. The third-order valence-electron chi connectivity index (χ3n) is 3.15. The molecule has 3 aromatic rings. The highest BCUT2D eigenvalue weighted by atomic mass is 32.1. The number of nitrogens with two attached hydrogens (primary N) is 1. The molecule has 5 nitrogen and oxygen atoms in total. The van der Waals surface area contributed by atoms with Gasteiger partial charge >= 0.3 is 0 Å². The quantitative estimate of drug-likeness (QED) is 0.776. The molecule has 2 heterocycles. The maximum Gasteiger partial charge on any atom is 0.247 e. The number of amides is 1. The first-order chi connectivity index (χ1) is 10.7. The van der Waals surface area contributed by atoms with Crippen molar-refractivity contribution in [3.8, 4) is 11.3 Å². The van der Waals surface area contributed by atoms with Crippen LogP contribution in [-0.4, -0.2) is 15.9 Å². The van der Waals surface area contributed by atoms with Crippen molar-refractivity contribution in [3.05, 3.63) is 65.8 Å². The van der Waals surface area contributed by atoms with Gasteiger partial charge in [0.25, 0.3) is 0 Å². The van der Waals surface area contributed by atoms with Crippen molar-refractivity contribution >= 4 is 22.4 Å². The Labute approximate surface area is 131 Å². The van der Waals surface area contributed by atoms with Crippen molar-refractivity contribution in [2.24, 2.45) is 5.73 Å². The maximum absolute atomic E-state index is 12.2. The van der Waals surface area contributed by atoms with Gasteiger partial charge in [0.1, 0.15) is 6.04 Å². The van der Waals surface area contributed by atoms with Crippen LogP contribution in [0.25, 0.3) is 11.3 Å². The molecule has 3 rings (SSSR count). The van der Waals surface area contributed by atoms with Crippen molar-refractivity contribution in [2.45, 2.75) is 6.04 Å². The largest absolute Gasteiger partial charge is 0.316 e. The van der Waals surface area contributed by atoms with E-state index in [0.29, 0.717) is 5.13 Å². The number of rotatable bonds is 4. The van der Waals surface area contributed by atoms with Gasteiger partial charge in [-0.2, -0.15) is 0 Å². The summed E-state index contributed by atoms with van der Waals surface area (Å²) in [6.07, 6.45) is 3.41. The summed E-state index contributed by atoms with van der Waals surface area (Å²) in [5, 5.41) is 5.18. The summed E-state index contributed by atoms with van der Waals surface area (Å²) in [6.45, 7) is 0. The number of carbonyl (C=O) groups excluding carboxylic acids is 1.